The van der Waals surface area contributed by atoms with E-state index in [1.165, 1.54) is 6.20 Å². The van der Waals surface area contributed by atoms with Gasteiger partial charge in [-0.3, -0.25) is 0 Å². The molecule has 6 heteroatoms. The Morgan fingerprint density at radius 2 is 2.25 bits per heavy atom. The zero-order valence-electron chi connectivity index (χ0n) is 11.3. The fourth-order valence-corrected chi connectivity index (χ4v) is 1.74. The monoisotopic (exact) mass is 273 g/mol. The maximum Gasteiger partial charge on any atom is 0.341 e. The number of hydrogen-bond acceptors (Lipinski definition) is 5. The van der Waals surface area contributed by atoms with E-state index >= 15 is 0 Å². The second kappa shape index (κ2) is 6.01. The van der Waals surface area contributed by atoms with Crippen LogP contribution in [0.2, 0.25) is 0 Å². The predicted octanol–water partition coefficient (Wildman–Crippen LogP) is 2.28. The number of benzene rings is 1. The lowest BCUT2D eigenvalue weighted by Crippen LogP contribution is -2.09. The van der Waals surface area contributed by atoms with Gasteiger partial charge < -0.3 is 15.2 Å². The highest BCUT2D eigenvalue weighted by molar-refractivity contribution is 5.93. The van der Waals surface area contributed by atoms with Gasteiger partial charge in [0.25, 0.3) is 0 Å². The number of rotatable bonds is 5. The van der Waals surface area contributed by atoms with Gasteiger partial charge in [-0.05, 0) is 19.1 Å². The van der Waals surface area contributed by atoms with Crippen LogP contribution in [0.5, 0.6) is 5.75 Å². The molecule has 0 unspecified atom stereocenters. The summed E-state index contributed by atoms with van der Waals surface area (Å²) in [5.41, 5.74) is 0.818. The predicted molar refractivity (Wildman–Crippen MR) is 75.1 cm³/mol. The summed E-state index contributed by atoms with van der Waals surface area (Å²) in [6, 6.07) is 7.29. The summed E-state index contributed by atoms with van der Waals surface area (Å²) in [5, 5.41) is 12.0. The number of ether oxygens (including phenoxy) is 1. The van der Waals surface area contributed by atoms with Gasteiger partial charge in [0.1, 0.15) is 17.1 Å². The van der Waals surface area contributed by atoms with Crippen molar-refractivity contribution in [2.24, 2.45) is 0 Å². The molecular weight excluding hydrogens is 258 g/mol. The molecule has 0 spiro atoms. The van der Waals surface area contributed by atoms with Crippen molar-refractivity contribution in [3.05, 3.63) is 36.0 Å². The summed E-state index contributed by atoms with van der Waals surface area (Å²) in [5.74, 6) is 0.397. The third-order valence-electron chi connectivity index (χ3n) is 2.69. The number of hydrogen-bond donors (Lipinski definition) is 2. The molecule has 0 aliphatic rings. The van der Waals surface area contributed by atoms with Crippen LogP contribution in [0.3, 0.4) is 0 Å². The Balaban J connectivity index is 2.46. The van der Waals surface area contributed by atoms with E-state index in [0.29, 0.717) is 23.9 Å². The number of methoxy groups -OCH3 is 1. The van der Waals surface area contributed by atoms with E-state index in [9.17, 15) is 4.79 Å². The Kier molecular flexibility index (Phi) is 4.14. The highest BCUT2D eigenvalue weighted by Gasteiger charge is 2.14. The van der Waals surface area contributed by atoms with E-state index in [0.717, 1.165) is 5.56 Å². The lowest BCUT2D eigenvalue weighted by Gasteiger charge is -2.09. The van der Waals surface area contributed by atoms with Crippen LogP contribution in [0, 0.1) is 0 Å². The van der Waals surface area contributed by atoms with Crippen molar-refractivity contribution < 1.29 is 14.6 Å². The van der Waals surface area contributed by atoms with Crippen LogP contribution in [0.1, 0.15) is 17.3 Å². The smallest absolute Gasteiger partial charge is 0.341 e. The lowest BCUT2D eigenvalue weighted by atomic mass is 10.2. The molecule has 0 bridgehead atoms. The van der Waals surface area contributed by atoms with Crippen molar-refractivity contribution in [1.29, 1.82) is 0 Å². The number of aromatic carboxylic acids is 1. The number of aromatic nitrogens is 2. The summed E-state index contributed by atoms with van der Waals surface area (Å²) in [4.78, 5) is 19.5. The molecule has 0 atom stereocenters. The van der Waals surface area contributed by atoms with E-state index in [2.05, 4.69) is 15.3 Å². The Labute approximate surface area is 116 Å². The molecule has 1 aromatic carbocycles. The maximum atomic E-state index is 11.1. The van der Waals surface area contributed by atoms with Gasteiger partial charge in [-0.15, -0.1) is 0 Å². The fourth-order valence-electron chi connectivity index (χ4n) is 1.74. The molecular formula is C14H15N3O3. The quantitative estimate of drug-likeness (QED) is 0.869. The number of carboxylic acid groups (broad SMARTS) is 1. The van der Waals surface area contributed by atoms with Gasteiger partial charge >= 0.3 is 5.97 Å². The summed E-state index contributed by atoms with van der Waals surface area (Å²) < 4.78 is 5.15. The standard InChI is InChI=1S/C14H15N3O3/c1-3-15-13-11(14(18)19)8-16-12(17-13)9-5-4-6-10(7-9)20-2/h4-8H,3H2,1-2H3,(H,18,19)(H,15,16,17). The van der Waals surface area contributed by atoms with Gasteiger partial charge in [0.05, 0.1) is 7.11 Å². The average Bonchev–Trinajstić information content (AvgIpc) is 2.47. The Hall–Kier alpha value is -2.63. The zero-order chi connectivity index (χ0) is 14.5. The first kappa shape index (κ1) is 13.8. The molecule has 0 radical (unpaired) electrons. The minimum Gasteiger partial charge on any atom is -0.497 e. The third-order valence-corrected chi connectivity index (χ3v) is 2.69. The number of nitrogens with one attached hydrogen (secondary N) is 1. The average molecular weight is 273 g/mol. The van der Waals surface area contributed by atoms with Gasteiger partial charge in [-0.1, -0.05) is 12.1 Å². The zero-order valence-corrected chi connectivity index (χ0v) is 11.3. The number of carbonyl (C=O) groups is 1. The summed E-state index contributed by atoms with van der Waals surface area (Å²) in [7, 11) is 1.58. The first-order valence-electron chi connectivity index (χ1n) is 6.14. The van der Waals surface area contributed by atoms with Crippen LogP contribution >= 0.6 is 0 Å². The van der Waals surface area contributed by atoms with Crippen LogP contribution in [0.25, 0.3) is 11.4 Å². The van der Waals surface area contributed by atoms with Crippen LogP contribution in [0.4, 0.5) is 5.82 Å². The van der Waals surface area contributed by atoms with E-state index in [4.69, 9.17) is 9.84 Å². The molecule has 20 heavy (non-hydrogen) atoms. The molecule has 0 aliphatic carbocycles. The maximum absolute atomic E-state index is 11.1. The van der Waals surface area contributed by atoms with Crippen molar-refractivity contribution in [3.63, 3.8) is 0 Å². The van der Waals surface area contributed by atoms with Gasteiger partial charge in [0.15, 0.2) is 5.82 Å². The molecule has 104 valence electrons. The van der Waals surface area contributed by atoms with Crippen molar-refractivity contribution in [2.45, 2.75) is 6.92 Å². The fraction of sp³-hybridized carbons (Fsp3) is 0.214. The van der Waals surface area contributed by atoms with Gasteiger partial charge in [0.2, 0.25) is 0 Å². The van der Waals surface area contributed by atoms with Crippen molar-refractivity contribution in [1.82, 2.24) is 9.97 Å². The van der Waals surface area contributed by atoms with Crippen molar-refractivity contribution in [2.75, 3.05) is 19.0 Å². The topological polar surface area (TPSA) is 84.3 Å². The second-order valence-corrected chi connectivity index (χ2v) is 4.02. The minimum atomic E-state index is -1.06. The van der Waals surface area contributed by atoms with E-state index < -0.39 is 5.97 Å². The van der Waals surface area contributed by atoms with E-state index in [1.807, 2.05) is 25.1 Å². The highest BCUT2D eigenvalue weighted by Crippen LogP contribution is 2.23. The van der Waals surface area contributed by atoms with Crippen LogP contribution < -0.4 is 10.1 Å². The van der Waals surface area contributed by atoms with E-state index in [1.54, 1.807) is 13.2 Å². The van der Waals surface area contributed by atoms with Gasteiger partial charge in [-0.2, -0.15) is 0 Å². The SMILES string of the molecule is CCNc1nc(-c2cccc(OC)c2)ncc1C(=O)O. The minimum absolute atomic E-state index is 0.0542. The Bertz CT molecular complexity index is 629. The molecule has 0 saturated heterocycles. The summed E-state index contributed by atoms with van der Waals surface area (Å²) >= 11 is 0. The molecule has 0 saturated carbocycles. The Morgan fingerprint density at radius 1 is 1.45 bits per heavy atom. The molecule has 2 N–H and O–H groups in total. The molecule has 2 aromatic rings. The normalized spacial score (nSPS) is 10.1. The Morgan fingerprint density at radius 3 is 2.90 bits per heavy atom. The number of carboxylic acids is 1. The van der Waals surface area contributed by atoms with Crippen molar-refractivity contribution >= 4 is 11.8 Å². The van der Waals surface area contributed by atoms with Gasteiger partial charge in [-0.25, -0.2) is 14.8 Å². The molecule has 0 aliphatic heterocycles. The molecule has 0 amide bonds. The largest absolute Gasteiger partial charge is 0.497 e. The second-order valence-electron chi connectivity index (χ2n) is 4.02. The molecule has 1 heterocycles. The number of nitrogens with zero attached hydrogens (tertiary/aromatic N) is 2. The molecule has 2 rings (SSSR count). The first-order valence-corrected chi connectivity index (χ1v) is 6.14. The molecule has 1 aromatic heterocycles. The van der Waals surface area contributed by atoms with Crippen LogP contribution in [-0.4, -0.2) is 34.7 Å². The van der Waals surface area contributed by atoms with E-state index in [-0.39, 0.29) is 5.56 Å². The number of anilines is 1. The third kappa shape index (κ3) is 2.85. The lowest BCUT2D eigenvalue weighted by molar-refractivity contribution is 0.0697. The molecule has 0 fully saturated rings. The summed E-state index contributed by atoms with van der Waals surface area (Å²) in [6.45, 7) is 2.45. The van der Waals surface area contributed by atoms with Crippen molar-refractivity contribution in [3.8, 4) is 17.1 Å². The molecule has 6 nitrogen and oxygen atoms in total. The highest BCUT2D eigenvalue weighted by atomic mass is 16.5. The first-order chi connectivity index (χ1) is 9.65. The summed E-state index contributed by atoms with van der Waals surface area (Å²) in [6.07, 6.45) is 1.31. The van der Waals surface area contributed by atoms with Gasteiger partial charge in [0, 0.05) is 18.3 Å². The van der Waals surface area contributed by atoms with Crippen LogP contribution in [-0.2, 0) is 0 Å². The van der Waals surface area contributed by atoms with Crippen LogP contribution in [0.15, 0.2) is 30.5 Å².